The van der Waals surface area contributed by atoms with E-state index in [2.05, 4.69) is 5.32 Å². The van der Waals surface area contributed by atoms with Gasteiger partial charge in [-0.1, -0.05) is 48.3 Å². The largest absolute Gasteiger partial charge is 0.324 e. The molecule has 27 heavy (non-hydrogen) atoms. The minimum Gasteiger partial charge on any atom is -0.324 e. The smallest absolute Gasteiger partial charge is 0.252 e. The molecular formula is C21H20Cl2N2O2. The number of nitrogens with one attached hydrogen (secondary N) is 1. The van der Waals surface area contributed by atoms with Gasteiger partial charge in [0.15, 0.2) is 0 Å². The van der Waals surface area contributed by atoms with Crippen LogP contribution >= 0.6 is 23.2 Å². The van der Waals surface area contributed by atoms with Crippen LogP contribution in [0.4, 0.5) is 5.69 Å². The molecule has 2 aromatic carbocycles. The first-order valence-corrected chi connectivity index (χ1v) is 9.46. The molecule has 1 atom stereocenters. The standard InChI is InChI=1S/C21H20Cl2N2O2/c1-4-18(21(27)24-16-10-14(22)9-15(23)11-16)25-19(26)8-13(3)17-7-5-6-12(2)20(17)25/h5-11,18H,4H2,1-3H3,(H,24,27). The zero-order valence-electron chi connectivity index (χ0n) is 15.3. The summed E-state index contributed by atoms with van der Waals surface area (Å²) < 4.78 is 1.58. The van der Waals surface area contributed by atoms with Crippen LogP contribution in [0.3, 0.4) is 0 Å². The Kier molecular flexibility index (Phi) is 5.59. The van der Waals surface area contributed by atoms with Gasteiger partial charge in [-0.3, -0.25) is 14.2 Å². The average Bonchev–Trinajstić information content (AvgIpc) is 2.57. The fraction of sp³-hybridized carbons (Fsp3) is 0.238. The number of nitrogens with zero attached hydrogens (tertiary/aromatic N) is 1. The zero-order chi connectivity index (χ0) is 19.7. The summed E-state index contributed by atoms with van der Waals surface area (Å²) in [7, 11) is 0. The molecule has 0 saturated heterocycles. The van der Waals surface area contributed by atoms with Gasteiger partial charge in [-0.15, -0.1) is 0 Å². The van der Waals surface area contributed by atoms with Gasteiger partial charge in [0.1, 0.15) is 6.04 Å². The molecule has 0 bridgehead atoms. The first-order chi connectivity index (χ1) is 12.8. The molecule has 6 heteroatoms. The van der Waals surface area contributed by atoms with Crippen LogP contribution in [0.5, 0.6) is 0 Å². The number of benzene rings is 2. The molecule has 1 unspecified atom stereocenters. The van der Waals surface area contributed by atoms with Crippen molar-refractivity contribution in [2.45, 2.75) is 33.2 Å². The number of fused-ring (bicyclic) bond motifs is 1. The van der Waals surface area contributed by atoms with Gasteiger partial charge in [-0.2, -0.15) is 0 Å². The number of carbonyl (C=O) groups excluding carboxylic acids is 1. The normalized spacial score (nSPS) is 12.2. The van der Waals surface area contributed by atoms with Crippen molar-refractivity contribution < 1.29 is 4.79 Å². The summed E-state index contributed by atoms with van der Waals surface area (Å²) in [6, 6.07) is 11.6. The number of aromatic nitrogens is 1. The van der Waals surface area contributed by atoms with Crippen LogP contribution in [0.15, 0.2) is 47.3 Å². The van der Waals surface area contributed by atoms with Crippen molar-refractivity contribution in [2.75, 3.05) is 5.32 Å². The number of pyridine rings is 1. The first-order valence-electron chi connectivity index (χ1n) is 8.70. The second-order valence-electron chi connectivity index (χ2n) is 6.58. The summed E-state index contributed by atoms with van der Waals surface area (Å²) in [5.41, 5.74) is 2.93. The Hall–Kier alpha value is -2.30. The Balaban J connectivity index is 2.10. The third-order valence-electron chi connectivity index (χ3n) is 4.61. The maximum atomic E-state index is 13.0. The summed E-state index contributed by atoms with van der Waals surface area (Å²) in [6.45, 7) is 5.73. The van der Waals surface area contributed by atoms with Gasteiger partial charge in [0.2, 0.25) is 5.91 Å². The average molecular weight is 403 g/mol. The van der Waals surface area contributed by atoms with Crippen molar-refractivity contribution >= 4 is 45.7 Å². The Bertz CT molecular complexity index is 1070. The molecule has 1 amide bonds. The van der Waals surface area contributed by atoms with E-state index in [0.29, 0.717) is 22.2 Å². The fourth-order valence-electron chi connectivity index (χ4n) is 3.39. The molecule has 0 fully saturated rings. The number of hydrogen-bond donors (Lipinski definition) is 1. The lowest BCUT2D eigenvalue weighted by molar-refractivity contribution is -0.119. The first kappa shape index (κ1) is 19.5. The van der Waals surface area contributed by atoms with E-state index in [0.717, 1.165) is 22.0 Å². The van der Waals surface area contributed by atoms with E-state index >= 15 is 0 Å². The van der Waals surface area contributed by atoms with Crippen molar-refractivity contribution in [1.82, 2.24) is 4.57 Å². The third kappa shape index (κ3) is 3.87. The van der Waals surface area contributed by atoms with E-state index in [1.54, 1.807) is 28.8 Å². The van der Waals surface area contributed by atoms with E-state index < -0.39 is 6.04 Å². The second-order valence-corrected chi connectivity index (χ2v) is 7.45. The Morgan fingerprint density at radius 2 is 1.74 bits per heavy atom. The molecule has 4 nitrogen and oxygen atoms in total. The number of anilines is 1. The Morgan fingerprint density at radius 3 is 2.37 bits per heavy atom. The monoisotopic (exact) mass is 402 g/mol. The van der Waals surface area contributed by atoms with Gasteiger partial charge in [-0.25, -0.2) is 0 Å². The highest BCUT2D eigenvalue weighted by Crippen LogP contribution is 2.26. The molecule has 0 aliphatic heterocycles. The number of rotatable bonds is 4. The summed E-state index contributed by atoms with van der Waals surface area (Å²) in [5.74, 6) is -0.286. The molecule has 3 aromatic rings. The maximum absolute atomic E-state index is 13.0. The van der Waals surface area contributed by atoms with Crippen molar-refractivity contribution in [2.24, 2.45) is 0 Å². The van der Waals surface area contributed by atoms with Crippen molar-refractivity contribution in [3.05, 3.63) is 74.0 Å². The summed E-state index contributed by atoms with van der Waals surface area (Å²) in [5, 5.41) is 4.66. The van der Waals surface area contributed by atoms with Crippen LogP contribution in [0.2, 0.25) is 10.0 Å². The predicted octanol–water partition coefficient (Wildman–Crippen LogP) is 5.51. The van der Waals surface area contributed by atoms with Crippen molar-refractivity contribution in [3.8, 4) is 0 Å². The van der Waals surface area contributed by atoms with Crippen LogP contribution in [0.25, 0.3) is 10.9 Å². The van der Waals surface area contributed by atoms with Crippen molar-refractivity contribution in [3.63, 3.8) is 0 Å². The number of hydrogen-bond acceptors (Lipinski definition) is 2. The highest BCUT2D eigenvalue weighted by atomic mass is 35.5. The van der Waals surface area contributed by atoms with Gasteiger partial charge in [0.05, 0.1) is 5.52 Å². The fourth-order valence-corrected chi connectivity index (χ4v) is 3.91. The number of aryl methyl sites for hydroxylation is 2. The number of halogens is 2. The molecular weight excluding hydrogens is 383 g/mol. The lowest BCUT2D eigenvalue weighted by atomic mass is 10.0. The van der Waals surface area contributed by atoms with Crippen LogP contribution in [-0.2, 0) is 4.79 Å². The molecule has 0 aliphatic rings. The summed E-state index contributed by atoms with van der Waals surface area (Å²) >= 11 is 12.0. The van der Waals surface area contributed by atoms with E-state index in [4.69, 9.17) is 23.2 Å². The SMILES string of the molecule is CCC(C(=O)Nc1cc(Cl)cc(Cl)c1)n1c(=O)cc(C)c2cccc(C)c21. The Labute approximate surface area is 167 Å². The highest BCUT2D eigenvalue weighted by Gasteiger charge is 2.23. The van der Waals surface area contributed by atoms with E-state index in [9.17, 15) is 9.59 Å². The zero-order valence-corrected chi connectivity index (χ0v) is 16.9. The summed E-state index contributed by atoms with van der Waals surface area (Å²) in [4.78, 5) is 25.8. The predicted molar refractivity (Wildman–Crippen MR) is 112 cm³/mol. The molecule has 0 aliphatic carbocycles. The van der Waals surface area contributed by atoms with Gasteiger partial charge in [0.25, 0.3) is 5.56 Å². The number of para-hydroxylation sites is 1. The topological polar surface area (TPSA) is 51.1 Å². The molecule has 1 aromatic heterocycles. The molecule has 1 heterocycles. The minimum atomic E-state index is -0.653. The third-order valence-corrected chi connectivity index (χ3v) is 5.05. The Morgan fingerprint density at radius 1 is 1.07 bits per heavy atom. The van der Waals surface area contributed by atoms with Crippen LogP contribution in [-0.4, -0.2) is 10.5 Å². The lowest BCUT2D eigenvalue weighted by Crippen LogP contribution is -2.33. The quantitative estimate of drug-likeness (QED) is 0.624. The van der Waals surface area contributed by atoms with E-state index in [1.807, 2.05) is 39.0 Å². The molecule has 0 spiro atoms. The molecule has 3 rings (SSSR count). The maximum Gasteiger partial charge on any atom is 0.252 e. The van der Waals surface area contributed by atoms with Gasteiger partial charge in [0, 0.05) is 27.2 Å². The number of carbonyl (C=O) groups is 1. The van der Waals surface area contributed by atoms with Gasteiger partial charge < -0.3 is 5.32 Å². The molecule has 140 valence electrons. The molecule has 1 N–H and O–H groups in total. The second kappa shape index (κ2) is 7.75. The van der Waals surface area contributed by atoms with Crippen LogP contribution in [0.1, 0.15) is 30.5 Å². The lowest BCUT2D eigenvalue weighted by Gasteiger charge is -2.22. The van der Waals surface area contributed by atoms with Crippen LogP contribution < -0.4 is 10.9 Å². The van der Waals surface area contributed by atoms with Crippen molar-refractivity contribution in [1.29, 1.82) is 0 Å². The molecule has 0 saturated carbocycles. The summed E-state index contributed by atoms with van der Waals surface area (Å²) in [6.07, 6.45) is 0.465. The minimum absolute atomic E-state index is 0.194. The van der Waals surface area contributed by atoms with Gasteiger partial charge in [-0.05, 0) is 49.6 Å². The van der Waals surface area contributed by atoms with Crippen LogP contribution in [0, 0.1) is 13.8 Å². The molecule has 0 radical (unpaired) electrons. The number of amides is 1. The van der Waals surface area contributed by atoms with E-state index in [1.165, 1.54) is 0 Å². The highest BCUT2D eigenvalue weighted by molar-refractivity contribution is 6.35. The van der Waals surface area contributed by atoms with Gasteiger partial charge >= 0.3 is 0 Å². The van der Waals surface area contributed by atoms with E-state index in [-0.39, 0.29) is 11.5 Å².